The van der Waals surface area contributed by atoms with Crippen LogP contribution in [0.4, 0.5) is 0 Å². The molecule has 98 valence electrons. The van der Waals surface area contributed by atoms with Gasteiger partial charge in [0.25, 0.3) is 0 Å². The van der Waals surface area contributed by atoms with Gasteiger partial charge >= 0.3 is 5.97 Å². The van der Waals surface area contributed by atoms with E-state index >= 15 is 0 Å². The summed E-state index contributed by atoms with van der Waals surface area (Å²) >= 11 is 0. The summed E-state index contributed by atoms with van der Waals surface area (Å²) in [5.74, 6) is -0.241. The van der Waals surface area contributed by atoms with Gasteiger partial charge in [0.1, 0.15) is 0 Å². The summed E-state index contributed by atoms with van der Waals surface area (Å²) in [6, 6.07) is 6.51. The Kier molecular flexibility index (Phi) is 4.17. The number of hydrogen-bond acceptors (Lipinski definition) is 2. The molecule has 1 unspecified atom stereocenters. The molecule has 1 fully saturated rings. The molecule has 0 saturated heterocycles. The number of hydrogen-bond donors (Lipinski definition) is 1. The van der Waals surface area contributed by atoms with Crippen LogP contribution in [0.5, 0.6) is 0 Å². The van der Waals surface area contributed by atoms with Crippen LogP contribution in [0, 0.1) is 5.92 Å². The van der Waals surface area contributed by atoms with Crippen LogP contribution in [0.15, 0.2) is 29.2 Å². The van der Waals surface area contributed by atoms with Crippen molar-refractivity contribution in [1.82, 2.24) is 0 Å². The molecule has 0 radical (unpaired) electrons. The zero-order valence-corrected chi connectivity index (χ0v) is 11.3. The summed E-state index contributed by atoms with van der Waals surface area (Å²) in [4.78, 5) is 11.5. The summed E-state index contributed by atoms with van der Waals surface area (Å²) < 4.78 is 12.4. The molecule has 18 heavy (non-hydrogen) atoms. The molecule has 1 saturated carbocycles. The first-order valence-corrected chi connectivity index (χ1v) is 7.53. The Balaban J connectivity index is 2.13. The summed E-state index contributed by atoms with van der Waals surface area (Å²) in [6.07, 6.45) is 4.19. The van der Waals surface area contributed by atoms with Crippen molar-refractivity contribution >= 4 is 16.8 Å². The van der Waals surface area contributed by atoms with Crippen molar-refractivity contribution in [2.24, 2.45) is 5.92 Å². The first-order valence-electron chi connectivity index (χ1n) is 6.32. The molecule has 0 amide bonds. The molecule has 0 spiro atoms. The Labute approximate surface area is 110 Å². The molecule has 1 aromatic carbocycles. The summed E-state index contributed by atoms with van der Waals surface area (Å²) in [7, 11) is -1.07. The van der Waals surface area contributed by atoms with Crippen LogP contribution in [-0.2, 0) is 10.8 Å². The van der Waals surface area contributed by atoms with E-state index in [1.165, 1.54) is 12.1 Å². The van der Waals surface area contributed by atoms with E-state index in [1.54, 1.807) is 12.1 Å². The Bertz CT molecular complexity index is 462. The minimum Gasteiger partial charge on any atom is -0.478 e. The third-order valence-electron chi connectivity index (χ3n) is 3.58. The number of carboxylic acid groups (broad SMARTS) is 1. The largest absolute Gasteiger partial charge is 0.478 e. The number of carbonyl (C=O) groups is 1. The number of carboxylic acids is 1. The van der Waals surface area contributed by atoms with Crippen LogP contribution in [-0.4, -0.2) is 20.5 Å². The van der Waals surface area contributed by atoms with Crippen LogP contribution in [0.2, 0.25) is 0 Å². The Hall–Kier alpha value is -1.16. The fraction of sp³-hybridized carbons (Fsp3) is 0.500. The van der Waals surface area contributed by atoms with Gasteiger partial charge in [-0.05, 0) is 49.8 Å². The fourth-order valence-electron chi connectivity index (χ4n) is 2.39. The van der Waals surface area contributed by atoms with E-state index in [0.717, 1.165) is 31.6 Å². The maximum atomic E-state index is 12.4. The molecule has 3 nitrogen and oxygen atoms in total. The molecule has 1 aromatic rings. The van der Waals surface area contributed by atoms with Crippen LogP contribution in [0.3, 0.4) is 0 Å². The van der Waals surface area contributed by atoms with E-state index in [1.807, 2.05) is 0 Å². The lowest BCUT2D eigenvalue weighted by Gasteiger charge is -2.25. The molecule has 0 bridgehead atoms. The average Bonchev–Trinajstić information content (AvgIpc) is 2.39. The SMILES string of the molecule is CC1CCC(S(=O)c2cccc(C(=O)O)c2)CC1. The molecule has 0 aromatic heterocycles. The van der Waals surface area contributed by atoms with Crippen LogP contribution in [0.25, 0.3) is 0 Å². The van der Waals surface area contributed by atoms with E-state index in [9.17, 15) is 9.00 Å². The summed E-state index contributed by atoms with van der Waals surface area (Å²) in [5, 5.41) is 9.12. The van der Waals surface area contributed by atoms with E-state index in [-0.39, 0.29) is 10.8 Å². The monoisotopic (exact) mass is 266 g/mol. The van der Waals surface area contributed by atoms with Gasteiger partial charge < -0.3 is 5.11 Å². The lowest BCUT2D eigenvalue weighted by molar-refractivity contribution is 0.0696. The smallest absolute Gasteiger partial charge is 0.335 e. The Morgan fingerprint density at radius 1 is 1.28 bits per heavy atom. The molecular weight excluding hydrogens is 248 g/mol. The lowest BCUT2D eigenvalue weighted by Crippen LogP contribution is -2.22. The Morgan fingerprint density at radius 2 is 1.94 bits per heavy atom. The first-order chi connectivity index (χ1) is 8.58. The first kappa shape index (κ1) is 13.3. The molecule has 1 atom stereocenters. The lowest BCUT2D eigenvalue weighted by atomic mass is 9.91. The highest BCUT2D eigenvalue weighted by Crippen LogP contribution is 2.29. The number of aromatic carboxylic acids is 1. The van der Waals surface area contributed by atoms with Crippen molar-refractivity contribution in [2.75, 3.05) is 0 Å². The quantitative estimate of drug-likeness (QED) is 0.914. The third kappa shape index (κ3) is 2.99. The van der Waals surface area contributed by atoms with E-state index < -0.39 is 16.8 Å². The predicted molar refractivity (Wildman–Crippen MR) is 71.2 cm³/mol. The molecule has 1 aliphatic carbocycles. The van der Waals surface area contributed by atoms with Gasteiger partial charge in [-0.15, -0.1) is 0 Å². The van der Waals surface area contributed by atoms with Crippen molar-refractivity contribution in [3.63, 3.8) is 0 Å². The van der Waals surface area contributed by atoms with Gasteiger partial charge in [0.05, 0.1) is 16.4 Å². The molecule has 1 N–H and O–H groups in total. The van der Waals surface area contributed by atoms with Crippen molar-refractivity contribution in [1.29, 1.82) is 0 Å². The zero-order chi connectivity index (χ0) is 13.1. The number of rotatable bonds is 3. The van der Waals surface area contributed by atoms with Crippen LogP contribution < -0.4 is 0 Å². The highest BCUT2D eigenvalue weighted by molar-refractivity contribution is 7.85. The van der Waals surface area contributed by atoms with Gasteiger partial charge in [-0.25, -0.2) is 4.79 Å². The maximum absolute atomic E-state index is 12.4. The topological polar surface area (TPSA) is 54.4 Å². The summed E-state index contributed by atoms with van der Waals surface area (Å²) in [5.41, 5.74) is 0.213. The summed E-state index contributed by atoms with van der Waals surface area (Å²) in [6.45, 7) is 2.23. The predicted octanol–water partition coefficient (Wildman–Crippen LogP) is 3.07. The molecular formula is C14H18O3S. The van der Waals surface area contributed by atoms with Gasteiger partial charge in [0.15, 0.2) is 0 Å². The van der Waals surface area contributed by atoms with Crippen LogP contribution >= 0.6 is 0 Å². The second-order valence-electron chi connectivity index (χ2n) is 5.01. The Morgan fingerprint density at radius 3 is 2.56 bits per heavy atom. The van der Waals surface area contributed by atoms with Gasteiger partial charge in [0, 0.05) is 10.1 Å². The second-order valence-corrected chi connectivity index (χ2v) is 6.75. The molecule has 1 aliphatic rings. The fourth-order valence-corrected chi connectivity index (χ4v) is 3.93. The maximum Gasteiger partial charge on any atom is 0.335 e. The second kappa shape index (κ2) is 5.65. The van der Waals surface area contributed by atoms with Crippen molar-refractivity contribution < 1.29 is 14.1 Å². The standard InChI is InChI=1S/C14H18O3S/c1-10-5-7-12(8-6-10)18(17)13-4-2-3-11(9-13)14(15)16/h2-4,9-10,12H,5-8H2,1H3,(H,15,16). The van der Waals surface area contributed by atoms with Gasteiger partial charge in [-0.3, -0.25) is 4.21 Å². The van der Waals surface area contributed by atoms with E-state index in [0.29, 0.717) is 4.90 Å². The normalized spacial score (nSPS) is 25.6. The van der Waals surface area contributed by atoms with Crippen molar-refractivity contribution in [3.05, 3.63) is 29.8 Å². The van der Waals surface area contributed by atoms with Crippen molar-refractivity contribution in [2.45, 2.75) is 42.8 Å². The molecule has 4 heteroatoms. The molecule has 0 aliphatic heterocycles. The van der Waals surface area contributed by atoms with Gasteiger partial charge in [-0.2, -0.15) is 0 Å². The van der Waals surface area contributed by atoms with E-state index in [2.05, 4.69) is 6.92 Å². The van der Waals surface area contributed by atoms with Crippen LogP contribution in [0.1, 0.15) is 43.0 Å². The molecule has 2 rings (SSSR count). The van der Waals surface area contributed by atoms with Gasteiger partial charge in [0.2, 0.25) is 0 Å². The number of benzene rings is 1. The highest BCUT2D eigenvalue weighted by Gasteiger charge is 2.24. The molecule has 0 heterocycles. The minimum absolute atomic E-state index is 0.185. The van der Waals surface area contributed by atoms with Gasteiger partial charge in [-0.1, -0.05) is 13.0 Å². The zero-order valence-electron chi connectivity index (χ0n) is 10.5. The van der Waals surface area contributed by atoms with E-state index in [4.69, 9.17) is 5.11 Å². The minimum atomic E-state index is -1.07. The van der Waals surface area contributed by atoms with Crippen molar-refractivity contribution in [3.8, 4) is 0 Å². The third-order valence-corrected chi connectivity index (χ3v) is 5.37. The average molecular weight is 266 g/mol. The highest BCUT2D eigenvalue weighted by atomic mass is 32.2.